The van der Waals surface area contributed by atoms with E-state index in [1.54, 1.807) is 24.4 Å². The van der Waals surface area contributed by atoms with Crippen LogP contribution in [0.2, 0.25) is 0 Å². The van der Waals surface area contributed by atoms with E-state index in [0.29, 0.717) is 17.4 Å². The molecule has 2 rings (SSSR count). The van der Waals surface area contributed by atoms with Gasteiger partial charge in [-0.3, -0.25) is 15.1 Å². The summed E-state index contributed by atoms with van der Waals surface area (Å²) in [5.74, 6) is 0. The zero-order valence-electron chi connectivity index (χ0n) is 10.9. The van der Waals surface area contributed by atoms with Crippen LogP contribution in [0.25, 0.3) is 10.9 Å². The summed E-state index contributed by atoms with van der Waals surface area (Å²) in [5.41, 5.74) is 6.93. The van der Waals surface area contributed by atoms with E-state index in [-0.39, 0.29) is 11.2 Å². The van der Waals surface area contributed by atoms with Gasteiger partial charge in [0.05, 0.1) is 16.0 Å². The predicted octanol–water partition coefficient (Wildman–Crippen LogP) is 2.29. The second kappa shape index (κ2) is 4.81. The van der Waals surface area contributed by atoms with E-state index in [0.717, 1.165) is 5.69 Å². The van der Waals surface area contributed by atoms with Crippen molar-refractivity contribution in [1.29, 1.82) is 0 Å². The van der Waals surface area contributed by atoms with Crippen LogP contribution in [-0.4, -0.2) is 22.0 Å². The zero-order valence-corrected chi connectivity index (χ0v) is 10.9. The van der Waals surface area contributed by atoms with Crippen molar-refractivity contribution in [3.63, 3.8) is 0 Å². The Hall–Kier alpha value is -2.21. The number of pyridine rings is 1. The van der Waals surface area contributed by atoms with Crippen molar-refractivity contribution < 1.29 is 4.92 Å². The molecular weight excluding hydrogens is 244 g/mol. The molecule has 0 unspecified atom stereocenters. The van der Waals surface area contributed by atoms with Crippen molar-refractivity contribution in [2.75, 3.05) is 11.9 Å². The minimum absolute atomic E-state index is 0.0562. The molecule has 6 heteroatoms. The molecule has 0 saturated heterocycles. The number of nitrogens with zero attached hydrogens (tertiary/aromatic N) is 2. The molecule has 0 fully saturated rings. The van der Waals surface area contributed by atoms with Crippen molar-refractivity contribution >= 4 is 22.3 Å². The predicted molar refractivity (Wildman–Crippen MR) is 75.2 cm³/mol. The van der Waals surface area contributed by atoms with Crippen LogP contribution < -0.4 is 11.1 Å². The van der Waals surface area contributed by atoms with Gasteiger partial charge in [-0.1, -0.05) is 0 Å². The number of fused-ring (bicyclic) bond motifs is 1. The Labute approximate surface area is 110 Å². The monoisotopic (exact) mass is 260 g/mol. The van der Waals surface area contributed by atoms with E-state index < -0.39 is 4.92 Å². The number of nitrogens with one attached hydrogen (secondary N) is 1. The van der Waals surface area contributed by atoms with Gasteiger partial charge in [0.1, 0.15) is 5.52 Å². The smallest absolute Gasteiger partial charge is 0.278 e. The van der Waals surface area contributed by atoms with Gasteiger partial charge in [-0.05, 0) is 32.0 Å². The summed E-state index contributed by atoms with van der Waals surface area (Å²) >= 11 is 0. The lowest BCUT2D eigenvalue weighted by Gasteiger charge is -2.20. The lowest BCUT2D eigenvalue weighted by Crippen LogP contribution is -2.39. The van der Waals surface area contributed by atoms with E-state index in [2.05, 4.69) is 10.3 Å². The van der Waals surface area contributed by atoms with Crippen LogP contribution in [0.5, 0.6) is 0 Å². The van der Waals surface area contributed by atoms with E-state index in [1.165, 1.54) is 6.07 Å². The van der Waals surface area contributed by atoms with E-state index in [4.69, 9.17) is 5.73 Å². The summed E-state index contributed by atoms with van der Waals surface area (Å²) in [6.45, 7) is 4.36. The van der Waals surface area contributed by atoms with Crippen LogP contribution in [0.15, 0.2) is 30.5 Å². The molecule has 100 valence electrons. The Kier molecular flexibility index (Phi) is 3.35. The van der Waals surface area contributed by atoms with Crippen LogP contribution in [0, 0.1) is 10.1 Å². The van der Waals surface area contributed by atoms with Crippen molar-refractivity contribution in [2.24, 2.45) is 5.73 Å². The van der Waals surface area contributed by atoms with Gasteiger partial charge < -0.3 is 11.1 Å². The lowest BCUT2D eigenvalue weighted by molar-refractivity contribution is -0.383. The number of benzene rings is 1. The van der Waals surface area contributed by atoms with Gasteiger partial charge in [-0.15, -0.1) is 0 Å². The largest absolute Gasteiger partial charge is 0.381 e. The van der Waals surface area contributed by atoms with Gasteiger partial charge in [0.2, 0.25) is 0 Å². The van der Waals surface area contributed by atoms with Gasteiger partial charge in [0.15, 0.2) is 0 Å². The molecule has 0 aliphatic heterocycles. The summed E-state index contributed by atoms with van der Waals surface area (Å²) in [5, 5.41) is 14.7. The van der Waals surface area contributed by atoms with Crippen LogP contribution in [0.1, 0.15) is 13.8 Å². The van der Waals surface area contributed by atoms with E-state index in [1.807, 2.05) is 13.8 Å². The molecule has 2 aromatic rings. The molecule has 1 heterocycles. The summed E-state index contributed by atoms with van der Waals surface area (Å²) < 4.78 is 0. The molecule has 0 saturated carbocycles. The Morgan fingerprint density at radius 1 is 1.42 bits per heavy atom. The molecule has 0 bridgehead atoms. The number of non-ortho nitro benzene ring substituents is 1. The van der Waals surface area contributed by atoms with Crippen LogP contribution in [0.3, 0.4) is 0 Å². The molecule has 0 aliphatic carbocycles. The van der Waals surface area contributed by atoms with Gasteiger partial charge >= 0.3 is 0 Å². The third kappa shape index (κ3) is 2.97. The van der Waals surface area contributed by atoms with Crippen molar-refractivity contribution in [3.05, 3.63) is 40.6 Å². The molecule has 6 nitrogen and oxygen atoms in total. The number of anilines is 1. The Morgan fingerprint density at radius 3 is 2.79 bits per heavy atom. The van der Waals surface area contributed by atoms with Gasteiger partial charge in [-0.25, -0.2) is 0 Å². The fourth-order valence-electron chi connectivity index (χ4n) is 1.78. The highest BCUT2D eigenvalue weighted by molar-refractivity contribution is 5.96. The third-order valence-corrected chi connectivity index (χ3v) is 2.68. The molecule has 1 aromatic carbocycles. The lowest BCUT2D eigenvalue weighted by atomic mass is 10.1. The first-order chi connectivity index (χ1) is 8.88. The number of hydrogen-bond acceptors (Lipinski definition) is 5. The van der Waals surface area contributed by atoms with Crippen LogP contribution in [0.4, 0.5) is 11.4 Å². The normalized spacial score (nSPS) is 11.5. The maximum atomic E-state index is 11.0. The van der Waals surface area contributed by atoms with Crippen molar-refractivity contribution in [2.45, 2.75) is 19.4 Å². The number of nitro benzene ring substituents is 1. The number of hydrogen-bond donors (Lipinski definition) is 2. The second-order valence-electron chi connectivity index (χ2n) is 5.13. The maximum absolute atomic E-state index is 11.0. The Bertz CT molecular complexity index is 620. The minimum Gasteiger partial charge on any atom is -0.381 e. The average Bonchev–Trinajstić information content (AvgIpc) is 2.34. The number of rotatable bonds is 4. The van der Waals surface area contributed by atoms with Crippen LogP contribution >= 0.6 is 0 Å². The average molecular weight is 260 g/mol. The summed E-state index contributed by atoms with van der Waals surface area (Å²) in [6, 6.07) is 6.53. The fraction of sp³-hybridized carbons (Fsp3) is 0.308. The first-order valence-electron chi connectivity index (χ1n) is 5.93. The topological polar surface area (TPSA) is 94.1 Å². The molecule has 3 N–H and O–H groups in total. The van der Waals surface area contributed by atoms with Gasteiger partial charge in [0.25, 0.3) is 5.69 Å². The fourth-order valence-corrected chi connectivity index (χ4v) is 1.78. The number of nitrogens with two attached hydrogens (primary N) is 1. The van der Waals surface area contributed by atoms with E-state index in [9.17, 15) is 10.1 Å². The molecule has 0 amide bonds. The second-order valence-corrected chi connectivity index (χ2v) is 5.13. The van der Waals surface area contributed by atoms with Crippen LogP contribution in [-0.2, 0) is 0 Å². The first kappa shape index (κ1) is 13.2. The highest BCUT2D eigenvalue weighted by atomic mass is 16.6. The molecule has 0 spiro atoms. The summed E-state index contributed by atoms with van der Waals surface area (Å²) in [6.07, 6.45) is 1.62. The van der Waals surface area contributed by atoms with Crippen molar-refractivity contribution in [1.82, 2.24) is 4.98 Å². The SMILES string of the molecule is CC(C)(N)CNc1ccc([N+](=O)[O-])c2cccnc12. The minimum atomic E-state index is -0.402. The molecule has 19 heavy (non-hydrogen) atoms. The van der Waals surface area contributed by atoms with Gasteiger partial charge in [-0.2, -0.15) is 0 Å². The van der Waals surface area contributed by atoms with Crippen molar-refractivity contribution in [3.8, 4) is 0 Å². The number of aromatic nitrogens is 1. The summed E-state index contributed by atoms with van der Waals surface area (Å²) in [4.78, 5) is 14.8. The molecule has 0 atom stereocenters. The Balaban J connectivity index is 2.47. The zero-order chi connectivity index (χ0) is 14.0. The molecular formula is C13H16N4O2. The van der Waals surface area contributed by atoms with E-state index >= 15 is 0 Å². The van der Waals surface area contributed by atoms with Gasteiger partial charge in [0, 0.05) is 24.3 Å². The molecule has 1 aromatic heterocycles. The highest BCUT2D eigenvalue weighted by Gasteiger charge is 2.16. The maximum Gasteiger partial charge on any atom is 0.278 e. The Morgan fingerprint density at radius 2 is 2.16 bits per heavy atom. The third-order valence-electron chi connectivity index (χ3n) is 2.68. The molecule has 0 radical (unpaired) electrons. The number of nitro groups is 1. The summed E-state index contributed by atoms with van der Waals surface area (Å²) in [7, 11) is 0. The quantitative estimate of drug-likeness (QED) is 0.649. The first-order valence-corrected chi connectivity index (χ1v) is 5.93. The highest BCUT2D eigenvalue weighted by Crippen LogP contribution is 2.29. The standard InChI is InChI=1S/C13H16N4O2/c1-13(2,14)8-16-10-5-6-11(17(18)19)9-4-3-7-15-12(9)10/h3-7,16H,8,14H2,1-2H3. The molecule has 0 aliphatic rings.